The lowest BCUT2D eigenvalue weighted by Gasteiger charge is -2.31. The van der Waals surface area contributed by atoms with E-state index in [1.165, 1.54) is 16.6 Å². The molecule has 0 radical (unpaired) electrons. The fourth-order valence-corrected chi connectivity index (χ4v) is 3.35. The highest BCUT2D eigenvalue weighted by Gasteiger charge is 2.30. The average molecular weight is 244 g/mol. The molecule has 1 fully saturated rings. The van der Waals surface area contributed by atoms with Crippen LogP contribution >= 0.6 is 0 Å². The highest BCUT2D eigenvalue weighted by molar-refractivity contribution is 7.89. The molecule has 16 heavy (non-hydrogen) atoms. The van der Waals surface area contributed by atoms with E-state index >= 15 is 0 Å². The minimum Gasteiger partial charge on any atom is -0.316 e. The summed E-state index contributed by atoms with van der Waals surface area (Å²) in [6.45, 7) is 1.11. The normalized spacial score (nSPS) is 23.4. The van der Waals surface area contributed by atoms with E-state index in [4.69, 9.17) is 0 Å². The number of aromatic nitrogens is 2. The molecular weight excluding hydrogens is 228 g/mol. The van der Waals surface area contributed by atoms with Gasteiger partial charge in [-0.15, -0.1) is 0 Å². The molecule has 1 aromatic heterocycles. The number of nitrogens with one attached hydrogen (secondary N) is 2. The molecule has 6 nitrogen and oxygen atoms in total. The van der Waals surface area contributed by atoms with Crippen molar-refractivity contribution in [3.05, 3.63) is 12.3 Å². The molecular formula is C9H16N4O2S. The first-order valence-electron chi connectivity index (χ1n) is 5.31. The molecule has 0 amide bonds. The van der Waals surface area contributed by atoms with E-state index in [2.05, 4.69) is 15.5 Å². The second-order valence-corrected chi connectivity index (χ2v) is 5.82. The second-order valence-electron chi connectivity index (χ2n) is 3.91. The summed E-state index contributed by atoms with van der Waals surface area (Å²) in [6.07, 6.45) is 3.36. The number of hydrogen-bond acceptors (Lipinski definition) is 4. The predicted molar refractivity (Wildman–Crippen MR) is 59.4 cm³/mol. The quantitative estimate of drug-likeness (QED) is 0.770. The highest BCUT2D eigenvalue weighted by atomic mass is 32.2. The molecule has 1 atom stereocenters. The van der Waals surface area contributed by atoms with Gasteiger partial charge in [-0.1, -0.05) is 0 Å². The molecule has 1 aromatic rings. The first-order chi connectivity index (χ1) is 7.64. The van der Waals surface area contributed by atoms with Crippen molar-refractivity contribution in [2.75, 3.05) is 20.1 Å². The molecule has 0 bridgehead atoms. The first-order valence-corrected chi connectivity index (χ1v) is 6.75. The van der Waals surface area contributed by atoms with Crippen LogP contribution in [0, 0.1) is 0 Å². The lowest BCUT2D eigenvalue weighted by Crippen LogP contribution is -2.46. The number of piperidine rings is 1. The Hall–Kier alpha value is -0.920. The Kier molecular flexibility index (Phi) is 3.27. The van der Waals surface area contributed by atoms with Crippen LogP contribution in [-0.2, 0) is 10.0 Å². The maximum absolute atomic E-state index is 12.1. The summed E-state index contributed by atoms with van der Waals surface area (Å²) in [4.78, 5) is 0. The summed E-state index contributed by atoms with van der Waals surface area (Å²) in [5, 5.41) is 9.47. The number of hydrogen-bond donors (Lipinski definition) is 2. The van der Waals surface area contributed by atoms with Crippen LogP contribution in [0.2, 0.25) is 0 Å². The Bertz CT molecular complexity index is 428. The van der Waals surface area contributed by atoms with Crippen LogP contribution in [0.25, 0.3) is 0 Å². The van der Waals surface area contributed by atoms with Crippen molar-refractivity contribution in [2.45, 2.75) is 23.9 Å². The van der Waals surface area contributed by atoms with E-state index in [-0.39, 0.29) is 11.1 Å². The molecule has 1 saturated heterocycles. The lowest BCUT2D eigenvalue weighted by molar-refractivity contribution is 0.292. The summed E-state index contributed by atoms with van der Waals surface area (Å²) in [5.74, 6) is 0. The summed E-state index contributed by atoms with van der Waals surface area (Å²) >= 11 is 0. The number of likely N-dealkylation sites (N-methyl/N-ethyl adjacent to an activating group) is 1. The van der Waals surface area contributed by atoms with Gasteiger partial charge in [0.25, 0.3) is 10.0 Å². The number of aromatic amines is 1. The minimum absolute atomic E-state index is 0.171. The van der Waals surface area contributed by atoms with Gasteiger partial charge in [-0.3, -0.25) is 5.10 Å². The Morgan fingerprint density at radius 2 is 2.44 bits per heavy atom. The van der Waals surface area contributed by atoms with Crippen LogP contribution in [0.15, 0.2) is 17.3 Å². The smallest absolute Gasteiger partial charge is 0.260 e. The zero-order valence-electron chi connectivity index (χ0n) is 9.18. The van der Waals surface area contributed by atoms with E-state index in [1.54, 1.807) is 0 Å². The Morgan fingerprint density at radius 1 is 1.62 bits per heavy atom. The van der Waals surface area contributed by atoms with E-state index in [1.807, 2.05) is 7.05 Å². The summed E-state index contributed by atoms with van der Waals surface area (Å²) in [7, 11) is -1.53. The highest BCUT2D eigenvalue weighted by Crippen LogP contribution is 2.18. The standard InChI is InChI=1S/C9H16N4O2S/c1-10-8-3-2-6-13(7-8)16(14,15)9-4-5-11-12-9/h4-5,8,10H,2-3,6-7H2,1H3,(H,11,12). The van der Waals surface area contributed by atoms with Crippen molar-refractivity contribution in [3.8, 4) is 0 Å². The topological polar surface area (TPSA) is 78.1 Å². The van der Waals surface area contributed by atoms with E-state index in [9.17, 15) is 8.42 Å². The lowest BCUT2D eigenvalue weighted by atomic mass is 10.1. The van der Waals surface area contributed by atoms with Gasteiger partial charge in [0.2, 0.25) is 0 Å². The molecule has 1 unspecified atom stereocenters. The van der Waals surface area contributed by atoms with Crippen LogP contribution in [0.1, 0.15) is 12.8 Å². The largest absolute Gasteiger partial charge is 0.316 e. The molecule has 2 N–H and O–H groups in total. The molecule has 2 rings (SSSR count). The SMILES string of the molecule is CNC1CCCN(S(=O)(=O)c2ccn[nH]2)C1. The summed E-state index contributed by atoms with van der Waals surface area (Å²) < 4.78 is 25.8. The molecule has 1 aliphatic rings. The van der Waals surface area contributed by atoms with Gasteiger partial charge in [-0.25, -0.2) is 8.42 Å². The minimum atomic E-state index is -3.39. The zero-order chi connectivity index (χ0) is 11.6. The number of rotatable bonds is 3. The summed E-state index contributed by atoms with van der Waals surface area (Å²) in [6, 6.07) is 1.73. The van der Waals surface area contributed by atoms with Crippen molar-refractivity contribution in [1.82, 2.24) is 19.8 Å². The predicted octanol–water partition coefficient (Wildman–Crippen LogP) is -0.218. The average Bonchev–Trinajstić information content (AvgIpc) is 2.83. The van der Waals surface area contributed by atoms with Crippen molar-refractivity contribution in [1.29, 1.82) is 0 Å². The van der Waals surface area contributed by atoms with Crippen LogP contribution in [0.5, 0.6) is 0 Å². The molecule has 1 aliphatic heterocycles. The van der Waals surface area contributed by atoms with Crippen LogP contribution < -0.4 is 5.32 Å². The van der Waals surface area contributed by atoms with Gasteiger partial charge in [-0.05, 0) is 26.0 Å². The van der Waals surface area contributed by atoms with Gasteiger partial charge in [0, 0.05) is 19.1 Å². The molecule has 0 aromatic carbocycles. The van der Waals surface area contributed by atoms with Crippen LogP contribution in [0.4, 0.5) is 0 Å². The molecule has 90 valence electrons. The third-order valence-electron chi connectivity index (χ3n) is 2.89. The molecule has 0 saturated carbocycles. The van der Waals surface area contributed by atoms with Gasteiger partial charge in [-0.2, -0.15) is 9.40 Å². The van der Waals surface area contributed by atoms with E-state index < -0.39 is 10.0 Å². The van der Waals surface area contributed by atoms with Gasteiger partial charge >= 0.3 is 0 Å². The van der Waals surface area contributed by atoms with Crippen LogP contribution in [0.3, 0.4) is 0 Å². The first kappa shape index (κ1) is 11.6. The maximum atomic E-state index is 12.1. The van der Waals surface area contributed by atoms with Gasteiger partial charge in [0.15, 0.2) is 5.03 Å². The Balaban J connectivity index is 2.18. The molecule has 0 spiro atoms. The van der Waals surface area contributed by atoms with Crippen molar-refractivity contribution in [2.24, 2.45) is 0 Å². The fraction of sp³-hybridized carbons (Fsp3) is 0.667. The van der Waals surface area contributed by atoms with E-state index in [0.717, 1.165) is 12.8 Å². The fourth-order valence-electron chi connectivity index (χ4n) is 1.92. The maximum Gasteiger partial charge on any atom is 0.260 e. The molecule has 0 aliphatic carbocycles. The number of sulfonamides is 1. The Labute approximate surface area is 95.1 Å². The third kappa shape index (κ3) is 2.11. The van der Waals surface area contributed by atoms with Crippen molar-refractivity contribution < 1.29 is 8.42 Å². The van der Waals surface area contributed by atoms with E-state index in [0.29, 0.717) is 13.1 Å². The van der Waals surface area contributed by atoms with Crippen LogP contribution in [-0.4, -0.2) is 49.1 Å². The van der Waals surface area contributed by atoms with Gasteiger partial charge in [0.05, 0.1) is 6.20 Å². The monoisotopic (exact) mass is 244 g/mol. The zero-order valence-corrected chi connectivity index (χ0v) is 10.00. The Morgan fingerprint density at radius 3 is 3.06 bits per heavy atom. The van der Waals surface area contributed by atoms with Crippen molar-refractivity contribution in [3.63, 3.8) is 0 Å². The molecule has 2 heterocycles. The number of H-pyrrole nitrogens is 1. The molecule has 7 heteroatoms. The van der Waals surface area contributed by atoms with Gasteiger partial charge < -0.3 is 5.32 Å². The second kappa shape index (κ2) is 4.52. The third-order valence-corrected chi connectivity index (χ3v) is 4.68. The number of nitrogens with zero attached hydrogens (tertiary/aromatic N) is 2. The van der Waals surface area contributed by atoms with Gasteiger partial charge in [0.1, 0.15) is 0 Å². The van der Waals surface area contributed by atoms with Crippen molar-refractivity contribution >= 4 is 10.0 Å². The summed E-state index contributed by atoms with van der Waals surface area (Å²) in [5.41, 5.74) is 0.